The summed E-state index contributed by atoms with van der Waals surface area (Å²) in [4.78, 5) is 46.9. The normalized spacial score (nSPS) is 16.6. The molecule has 6 rings (SSSR count). The van der Waals surface area contributed by atoms with E-state index in [1.54, 1.807) is 54.0 Å². The van der Waals surface area contributed by atoms with Gasteiger partial charge in [0, 0.05) is 46.1 Å². The summed E-state index contributed by atoms with van der Waals surface area (Å²) in [5.74, 6) is -0.735. The number of benzene rings is 3. The fourth-order valence-electron chi connectivity index (χ4n) is 5.57. The minimum atomic E-state index is -1.69. The lowest BCUT2D eigenvalue weighted by atomic mass is 9.77. The van der Waals surface area contributed by atoms with Crippen molar-refractivity contribution >= 4 is 68.1 Å². The topological polar surface area (TPSA) is 108 Å². The number of para-hydroxylation sites is 1. The van der Waals surface area contributed by atoms with Crippen molar-refractivity contribution in [3.05, 3.63) is 89.2 Å². The fraction of sp³-hybridized carbons (Fsp3) is 0.133. The number of methoxy groups -OCH3 is 1. The zero-order chi connectivity index (χ0) is 27.6. The van der Waals surface area contributed by atoms with Crippen molar-refractivity contribution in [1.29, 1.82) is 0 Å². The maximum atomic E-state index is 14.3. The molecule has 1 aliphatic rings. The Morgan fingerprint density at radius 2 is 1.77 bits per heavy atom. The molecule has 0 bridgehead atoms. The Balaban J connectivity index is 1.57. The number of pyridine rings is 1. The third-order valence-corrected chi connectivity index (χ3v) is 7.59. The van der Waals surface area contributed by atoms with E-state index in [2.05, 4.69) is 4.98 Å². The number of ketones is 1. The lowest BCUT2D eigenvalue weighted by molar-refractivity contribution is -0.120. The molecule has 5 aromatic rings. The van der Waals surface area contributed by atoms with Gasteiger partial charge < -0.3 is 10.5 Å². The molecule has 0 radical (unpaired) electrons. The number of carbonyl (C=O) groups excluding carboxylic acids is 3. The number of rotatable bonds is 4. The number of aromatic nitrogens is 2. The van der Waals surface area contributed by atoms with Crippen LogP contribution >= 0.6 is 11.6 Å². The average molecular weight is 539 g/mol. The first kappa shape index (κ1) is 24.6. The minimum Gasteiger partial charge on any atom is -0.497 e. The van der Waals surface area contributed by atoms with Crippen LogP contribution < -0.4 is 15.4 Å². The fourth-order valence-corrected chi connectivity index (χ4v) is 5.76. The summed E-state index contributed by atoms with van der Waals surface area (Å²) in [6.45, 7) is 3.04. The van der Waals surface area contributed by atoms with Crippen molar-refractivity contribution in [2.45, 2.75) is 19.3 Å². The molecule has 8 nitrogen and oxygen atoms in total. The summed E-state index contributed by atoms with van der Waals surface area (Å²) in [6, 6.07) is 19.2. The van der Waals surface area contributed by atoms with Crippen molar-refractivity contribution in [1.82, 2.24) is 9.55 Å². The van der Waals surface area contributed by atoms with Gasteiger partial charge in [0.15, 0.2) is 0 Å². The molecule has 194 valence electrons. The van der Waals surface area contributed by atoms with Crippen LogP contribution in [0.2, 0.25) is 5.02 Å². The summed E-state index contributed by atoms with van der Waals surface area (Å²) in [6.07, 6.45) is 1.50. The Hall–Kier alpha value is -4.69. The summed E-state index contributed by atoms with van der Waals surface area (Å²) >= 11 is 6.25. The number of Topliss-reactive ketones (excluding diaryl/α,β-unsaturated/α-hetero) is 1. The zero-order valence-corrected chi connectivity index (χ0v) is 22.1. The van der Waals surface area contributed by atoms with Crippen LogP contribution in [0.4, 0.5) is 17.1 Å². The second-order valence-electron chi connectivity index (χ2n) is 9.64. The SMILES string of the molecule is COc1cc(N)c2c(c1)N(c1cccc(Cl)c1)C(=O)C2(C)C(=O)c1cc2c3ccccc3n(C(C)=O)c2cn1. The first-order chi connectivity index (χ1) is 18.7. The van der Waals surface area contributed by atoms with Crippen LogP contribution in [-0.2, 0) is 10.2 Å². The van der Waals surface area contributed by atoms with E-state index in [0.717, 1.165) is 5.39 Å². The van der Waals surface area contributed by atoms with Crippen LogP contribution in [0.1, 0.15) is 34.7 Å². The smallest absolute Gasteiger partial charge is 0.250 e. The monoisotopic (exact) mass is 538 g/mol. The Morgan fingerprint density at radius 1 is 1.00 bits per heavy atom. The highest BCUT2D eigenvalue weighted by Gasteiger charge is 2.55. The second-order valence-corrected chi connectivity index (χ2v) is 10.1. The maximum absolute atomic E-state index is 14.3. The third kappa shape index (κ3) is 3.45. The largest absolute Gasteiger partial charge is 0.497 e. The quantitative estimate of drug-likeness (QED) is 0.173. The number of carbonyl (C=O) groups is 3. The van der Waals surface area contributed by atoms with Gasteiger partial charge in [-0.3, -0.25) is 28.8 Å². The van der Waals surface area contributed by atoms with Crippen molar-refractivity contribution < 1.29 is 19.1 Å². The molecular weight excluding hydrogens is 516 g/mol. The van der Waals surface area contributed by atoms with Gasteiger partial charge >= 0.3 is 0 Å². The summed E-state index contributed by atoms with van der Waals surface area (Å²) in [5, 5.41) is 1.92. The molecule has 0 spiro atoms. The lowest BCUT2D eigenvalue weighted by Gasteiger charge is -2.23. The van der Waals surface area contributed by atoms with Crippen LogP contribution in [0.5, 0.6) is 5.75 Å². The molecule has 2 aromatic heterocycles. The molecular formula is C30H23ClN4O4. The van der Waals surface area contributed by atoms with Gasteiger partial charge in [-0.2, -0.15) is 0 Å². The summed E-state index contributed by atoms with van der Waals surface area (Å²) in [5.41, 5.74) is 7.70. The van der Waals surface area contributed by atoms with Gasteiger partial charge in [-0.05, 0) is 37.3 Å². The van der Waals surface area contributed by atoms with E-state index in [1.165, 1.54) is 25.1 Å². The molecule has 9 heteroatoms. The van der Waals surface area contributed by atoms with Gasteiger partial charge in [0.25, 0.3) is 0 Å². The minimum absolute atomic E-state index is 0.0823. The highest BCUT2D eigenvalue weighted by molar-refractivity contribution is 6.32. The molecule has 1 atom stereocenters. The van der Waals surface area contributed by atoms with Gasteiger partial charge in [0.1, 0.15) is 16.9 Å². The van der Waals surface area contributed by atoms with E-state index in [1.807, 2.05) is 24.3 Å². The number of halogens is 1. The molecule has 2 N–H and O–H groups in total. The first-order valence-electron chi connectivity index (χ1n) is 12.2. The number of ether oxygens (including phenoxy) is 1. The Labute approximate surface area is 228 Å². The average Bonchev–Trinajstić information content (AvgIpc) is 3.37. The van der Waals surface area contributed by atoms with Gasteiger partial charge in [0.2, 0.25) is 17.6 Å². The maximum Gasteiger partial charge on any atom is 0.250 e. The Kier molecular flexibility index (Phi) is 5.48. The van der Waals surface area contributed by atoms with Crippen LogP contribution in [0.25, 0.3) is 21.8 Å². The van der Waals surface area contributed by atoms with E-state index >= 15 is 0 Å². The highest BCUT2D eigenvalue weighted by atomic mass is 35.5. The Morgan fingerprint density at radius 3 is 2.49 bits per heavy atom. The number of nitrogens with two attached hydrogens (primary N) is 1. The standard InChI is InChI=1S/C30H23ClN4O4/c1-16(36)34-24-10-5-4-9-20(24)21-14-23(33-15-26(21)34)28(37)30(2)27-22(32)12-19(39-3)13-25(27)35(29(30)38)18-8-6-7-17(31)11-18/h4-15H,32H2,1-3H3. The number of hydrogen-bond donors (Lipinski definition) is 1. The van der Waals surface area contributed by atoms with E-state index in [4.69, 9.17) is 22.1 Å². The molecule has 3 heterocycles. The van der Waals surface area contributed by atoms with Gasteiger partial charge in [-0.15, -0.1) is 0 Å². The van der Waals surface area contributed by atoms with Gasteiger partial charge in [0.05, 0.1) is 35.7 Å². The van der Waals surface area contributed by atoms with E-state index in [9.17, 15) is 14.4 Å². The van der Waals surface area contributed by atoms with Crippen LogP contribution in [0.15, 0.2) is 72.9 Å². The summed E-state index contributed by atoms with van der Waals surface area (Å²) < 4.78 is 6.98. The van der Waals surface area contributed by atoms with Crippen molar-refractivity contribution in [2.24, 2.45) is 0 Å². The third-order valence-electron chi connectivity index (χ3n) is 7.36. The molecule has 39 heavy (non-hydrogen) atoms. The molecule has 1 unspecified atom stereocenters. The first-order valence-corrected chi connectivity index (χ1v) is 12.6. The molecule has 3 aromatic carbocycles. The van der Waals surface area contributed by atoms with Gasteiger partial charge in [-0.25, -0.2) is 0 Å². The van der Waals surface area contributed by atoms with Gasteiger partial charge in [-0.1, -0.05) is 35.9 Å². The van der Waals surface area contributed by atoms with E-state index < -0.39 is 17.1 Å². The number of amides is 1. The molecule has 0 aliphatic carbocycles. The number of nitrogen functional groups attached to an aromatic ring is 1. The molecule has 1 aliphatic heterocycles. The molecule has 1 amide bonds. The molecule has 0 fully saturated rings. The molecule has 0 saturated carbocycles. The predicted octanol–water partition coefficient (Wildman–Crippen LogP) is 5.91. The highest BCUT2D eigenvalue weighted by Crippen LogP contribution is 2.51. The van der Waals surface area contributed by atoms with Crippen molar-refractivity contribution in [3.63, 3.8) is 0 Å². The van der Waals surface area contributed by atoms with Crippen LogP contribution in [-0.4, -0.2) is 34.3 Å². The van der Waals surface area contributed by atoms with Crippen LogP contribution in [0, 0.1) is 0 Å². The van der Waals surface area contributed by atoms with E-state index in [0.29, 0.717) is 44.1 Å². The van der Waals surface area contributed by atoms with Crippen LogP contribution in [0.3, 0.4) is 0 Å². The number of anilines is 3. The second kappa shape index (κ2) is 8.68. The number of fused-ring (bicyclic) bond motifs is 4. The predicted molar refractivity (Wildman–Crippen MR) is 151 cm³/mol. The lowest BCUT2D eigenvalue weighted by Crippen LogP contribution is -2.43. The summed E-state index contributed by atoms with van der Waals surface area (Å²) in [7, 11) is 1.50. The Bertz CT molecular complexity index is 1880. The van der Waals surface area contributed by atoms with Crippen molar-refractivity contribution in [3.8, 4) is 5.75 Å². The van der Waals surface area contributed by atoms with E-state index in [-0.39, 0.29) is 17.3 Å². The van der Waals surface area contributed by atoms with Crippen molar-refractivity contribution in [2.75, 3.05) is 17.7 Å². The molecule has 0 saturated heterocycles. The number of hydrogen-bond acceptors (Lipinski definition) is 6. The zero-order valence-electron chi connectivity index (χ0n) is 21.4. The number of nitrogens with zero attached hydrogens (tertiary/aromatic N) is 3.